The zero-order chi connectivity index (χ0) is 24.8. The minimum Gasteiger partial charge on any atom is -0.352 e. The lowest BCUT2D eigenvalue weighted by Gasteiger charge is -2.33. The van der Waals surface area contributed by atoms with Crippen LogP contribution in [0, 0.1) is 6.92 Å². The average Bonchev–Trinajstić information content (AvgIpc) is 2.71. The number of hydrogen-bond donors (Lipinski definition) is 1. The van der Waals surface area contributed by atoms with Gasteiger partial charge in [0.05, 0.1) is 11.9 Å². The van der Waals surface area contributed by atoms with Crippen molar-refractivity contribution in [3.63, 3.8) is 0 Å². The van der Waals surface area contributed by atoms with Crippen LogP contribution in [0.3, 0.4) is 0 Å². The SMILES string of the molecule is CC[C@@H](C(=O)NC(C)C)N(Cc1cccc(C)c1)C(=O)CN(c1ccc(Cl)cc1)S(C)(=O)=O. The fourth-order valence-electron chi connectivity index (χ4n) is 3.53. The first-order chi connectivity index (χ1) is 15.4. The summed E-state index contributed by atoms with van der Waals surface area (Å²) < 4.78 is 26.1. The van der Waals surface area contributed by atoms with E-state index in [1.165, 1.54) is 4.90 Å². The summed E-state index contributed by atoms with van der Waals surface area (Å²) in [7, 11) is -3.77. The molecule has 0 unspecified atom stereocenters. The van der Waals surface area contributed by atoms with Crippen LogP contribution in [0.15, 0.2) is 48.5 Å². The van der Waals surface area contributed by atoms with Crippen molar-refractivity contribution in [1.82, 2.24) is 10.2 Å². The molecule has 1 N–H and O–H groups in total. The predicted octanol–water partition coefficient (Wildman–Crippen LogP) is 3.75. The van der Waals surface area contributed by atoms with Gasteiger partial charge in [0.15, 0.2) is 0 Å². The predicted molar refractivity (Wildman–Crippen MR) is 133 cm³/mol. The molecule has 0 aliphatic heterocycles. The van der Waals surface area contributed by atoms with E-state index >= 15 is 0 Å². The molecule has 2 rings (SSSR count). The third-order valence-electron chi connectivity index (χ3n) is 5.05. The fraction of sp³-hybridized carbons (Fsp3) is 0.417. The maximum Gasteiger partial charge on any atom is 0.244 e. The molecule has 9 heteroatoms. The van der Waals surface area contributed by atoms with Crippen LogP contribution in [0.2, 0.25) is 5.02 Å². The minimum atomic E-state index is -3.77. The van der Waals surface area contributed by atoms with Crippen LogP contribution in [0.5, 0.6) is 0 Å². The molecule has 0 fully saturated rings. The molecule has 2 amide bonds. The lowest BCUT2D eigenvalue weighted by atomic mass is 10.1. The second-order valence-electron chi connectivity index (χ2n) is 8.34. The van der Waals surface area contributed by atoms with Crippen molar-refractivity contribution >= 4 is 39.1 Å². The zero-order valence-electron chi connectivity index (χ0n) is 19.7. The third-order valence-corrected chi connectivity index (χ3v) is 6.44. The number of amides is 2. The van der Waals surface area contributed by atoms with Gasteiger partial charge < -0.3 is 10.2 Å². The molecule has 0 aliphatic carbocycles. The van der Waals surface area contributed by atoms with Gasteiger partial charge in [-0.15, -0.1) is 0 Å². The van der Waals surface area contributed by atoms with Gasteiger partial charge in [-0.3, -0.25) is 13.9 Å². The molecule has 0 aromatic heterocycles. The summed E-state index contributed by atoms with van der Waals surface area (Å²) in [5.74, 6) is -0.742. The highest BCUT2D eigenvalue weighted by atomic mass is 35.5. The summed E-state index contributed by atoms with van der Waals surface area (Å²) in [5, 5.41) is 3.32. The van der Waals surface area contributed by atoms with Gasteiger partial charge in [0, 0.05) is 17.6 Å². The van der Waals surface area contributed by atoms with Crippen LogP contribution in [0.1, 0.15) is 38.3 Å². The lowest BCUT2D eigenvalue weighted by molar-refractivity contribution is -0.140. The van der Waals surface area contributed by atoms with Gasteiger partial charge in [-0.05, 0) is 57.0 Å². The van der Waals surface area contributed by atoms with E-state index in [1.807, 2.05) is 52.0 Å². The number of benzene rings is 2. The second kappa shape index (κ2) is 11.5. The van der Waals surface area contributed by atoms with E-state index in [4.69, 9.17) is 11.6 Å². The van der Waals surface area contributed by atoms with Gasteiger partial charge in [0.1, 0.15) is 12.6 Å². The Balaban J connectivity index is 2.43. The highest BCUT2D eigenvalue weighted by Crippen LogP contribution is 2.22. The Labute approximate surface area is 201 Å². The Bertz CT molecular complexity index is 1070. The number of carbonyl (C=O) groups is 2. The minimum absolute atomic E-state index is 0.0935. The summed E-state index contributed by atoms with van der Waals surface area (Å²) in [4.78, 5) is 27.9. The number of halogens is 1. The fourth-order valence-corrected chi connectivity index (χ4v) is 4.50. The summed E-state index contributed by atoms with van der Waals surface area (Å²) >= 11 is 5.94. The van der Waals surface area contributed by atoms with E-state index in [2.05, 4.69) is 5.32 Å². The maximum absolute atomic E-state index is 13.5. The summed E-state index contributed by atoms with van der Waals surface area (Å²) in [6.45, 7) is 7.23. The summed E-state index contributed by atoms with van der Waals surface area (Å²) in [5.41, 5.74) is 2.21. The third kappa shape index (κ3) is 7.75. The van der Waals surface area contributed by atoms with Gasteiger partial charge in [-0.2, -0.15) is 0 Å². The number of rotatable bonds is 10. The van der Waals surface area contributed by atoms with Crippen LogP contribution >= 0.6 is 11.6 Å². The molecule has 0 radical (unpaired) electrons. The van der Waals surface area contributed by atoms with Gasteiger partial charge in [0.25, 0.3) is 0 Å². The second-order valence-corrected chi connectivity index (χ2v) is 10.7. The van der Waals surface area contributed by atoms with E-state index in [0.29, 0.717) is 17.1 Å². The Morgan fingerprint density at radius 1 is 1.09 bits per heavy atom. The van der Waals surface area contributed by atoms with Crippen molar-refractivity contribution in [3.8, 4) is 0 Å². The van der Waals surface area contributed by atoms with Gasteiger partial charge in [-0.25, -0.2) is 8.42 Å². The van der Waals surface area contributed by atoms with Gasteiger partial charge >= 0.3 is 0 Å². The van der Waals surface area contributed by atoms with Crippen molar-refractivity contribution in [2.75, 3.05) is 17.1 Å². The number of sulfonamides is 1. The molecule has 7 nitrogen and oxygen atoms in total. The Morgan fingerprint density at radius 2 is 1.73 bits per heavy atom. The maximum atomic E-state index is 13.5. The Hall–Kier alpha value is -2.58. The quantitative estimate of drug-likeness (QED) is 0.546. The van der Waals surface area contributed by atoms with E-state index in [9.17, 15) is 18.0 Å². The first-order valence-corrected chi connectivity index (χ1v) is 13.0. The van der Waals surface area contributed by atoms with Gasteiger partial charge in [-0.1, -0.05) is 48.4 Å². The van der Waals surface area contributed by atoms with Crippen molar-refractivity contribution in [1.29, 1.82) is 0 Å². The molecule has 0 spiro atoms. The molecule has 180 valence electrons. The smallest absolute Gasteiger partial charge is 0.244 e. The molecule has 33 heavy (non-hydrogen) atoms. The molecule has 0 aliphatic rings. The molecule has 2 aromatic rings. The molecular formula is C24H32ClN3O4S. The highest BCUT2D eigenvalue weighted by Gasteiger charge is 2.31. The molecule has 0 heterocycles. The number of aryl methyl sites for hydroxylation is 1. The average molecular weight is 494 g/mol. The molecule has 1 atom stereocenters. The van der Waals surface area contributed by atoms with E-state index < -0.39 is 28.5 Å². The standard InChI is InChI=1S/C24H32ClN3O4S/c1-6-22(24(30)26-17(2)3)27(15-19-9-7-8-18(4)14-19)23(29)16-28(33(5,31)32)21-12-10-20(25)11-13-21/h7-14,17,22H,6,15-16H2,1-5H3,(H,26,30)/t22-/m0/s1. The van der Waals surface area contributed by atoms with E-state index in [1.54, 1.807) is 24.3 Å². The van der Waals surface area contributed by atoms with Crippen LogP contribution < -0.4 is 9.62 Å². The number of nitrogens with zero attached hydrogens (tertiary/aromatic N) is 2. The topological polar surface area (TPSA) is 86.8 Å². The van der Waals surface area contributed by atoms with Crippen molar-refractivity contribution in [2.24, 2.45) is 0 Å². The van der Waals surface area contributed by atoms with E-state index in [-0.39, 0.29) is 18.5 Å². The first-order valence-electron chi connectivity index (χ1n) is 10.8. The molecule has 2 aromatic carbocycles. The molecular weight excluding hydrogens is 462 g/mol. The van der Waals surface area contributed by atoms with Crippen LogP contribution in [-0.4, -0.2) is 50.0 Å². The molecule has 0 saturated carbocycles. The van der Waals surface area contributed by atoms with E-state index in [0.717, 1.165) is 21.7 Å². The zero-order valence-corrected chi connectivity index (χ0v) is 21.3. The lowest BCUT2D eigenvalue weighted by Crippen LogP contribution is -2.53. The largest absolute Gasteiger partial charge is 0.352 e. The number of carbonyl (C=O) groups excluding carboxylic acids is 2. The van der Waals surface area contributed by atoms with Crippen LogP contribution in [0.25, 0.3) is 0 Å². The number of anilines is 1. The number of hydrogen-bond acceptors (Lipinski definition) is 4. The summed E-state index contributed by atoms with van der Waals surface area (Å²) in [6.07, 6.45) is 1.43. The monoisotopic (exact) mass is 493 g/mol. The van der Waals surface area contributed by atoms with Crippen LogP contribution in [-0.2, 0) is 26.2 Å². The summed E-state index contributed by atoms with van der Waals surface area (Å²) in [6, 6.07) is 13.0. The molecule has 0 bridgehead atoms. The highest BCUT2D eigenvalue weighted by molar-refractivity contribution is 7.92. The van der Waals surface area contributed by atoms with Gasteiger partial charge in [0.2, 0.25) is 21.8 Å². The van der Waals surface area contributed by atoms with Crippen LogP contribution in [0.4, 0.5) is 5.69 Å². The Kier molecular flexibility index (Phi) is 9.31. The van der Waals surface area contributed by atoms with Crippen molar-refractivity contribution in [3.05, 3.63) is 64.7 Å². The molecule has 0 saturated heterocycles. The van der Waals surface area contributed by atoms with Crippen molar-refractivity contribution < 1.29 is 18.0 Å². The van der Waals surface area contributed by atoms with Crippen molar-refractivity contribution in [2.45, 2.75) is 52.7 Å². The first kappa shape index (κ1) is 26.7. The Morgan fingerprint density at radius 3 is 2.24 bits per heavy atom. The normalized spacial score (nSPS) is 12.3. The number of nitrogens with one attached hydrogen (secondary N) is 1.